The minimum atomic E-state index is -0.290. The summed E-state index contributed by atoms with van der Waals surface area (Å²) < 4.78 is 0. The third-order valence-corrected chi connectivity index (χ3v) is 4.97. The second-order valence-corrected chi connectivity index (χ2v) is 7.16. The van der Waals surface area contributed by atoms with E-state index in [9.17, 15) is 5.11 Å². The lowest BCUT2D eigenvalue weighted by Gasteiger charge is -2.21. The second-order valence-electron chi connectivity index (χ2n) is 7.16. The van der Waals surface area contributed by atoms with Crippen LogP contribution in [0.2, 0.25) is 0 Å². The first-order chi connectivity index (χ1) is 12.8. The predicted octanol–water partition coefficient (Wildman–Crippen LogP) is 5.47. The van der Waals surface area contributed by atoms with E-state index in [-0.39, 0.29) is 6.10 Å². The lowest BCUT2D eigenvalue weighted by Crippen LogP contribution is -2.18. The maximum Gasteiger partial charge on any atom is 0.0583 e. The number of benzene rings is 3. The van der Waals surface area contributed by atoms with Crippen LogP contribution in [0.1, 0.15) is 29.5 Å². The number of aryl methyl sites for hydroxylation is 1. The SMILES string of the molecule is O[C@H](Cc1ccccc1)C[C@@H](CCc1ccccc1)Cc1ccccc1. The average Bonchev–Trinajstić information content (AvgIpc) is 2.68. The number of aliphatic hydroxyl groups is 1. The number of hydrogen-bond acceptors (Lipinski definition) is 1. The topological polar surface area (TPSA) is 20.2 Å². The van der Waals surface area contributed by atoms with Crippen molar-refractivity contribution >= 4 is 0 Å². The van der Waals surface area contributed by atoms with Crippen molar-refractivity contribution in [2.75, 3.05) is 0 Å². The molecule has 0 aliphatic heterocycles. The van der Waals surface area contributed by atoms with Crippen molar-refractivity contribution in [3.63, 3.8) is 0 Å². The monoisotopic (exact) mass is 344 g/mol. The molecular weight excluding hydrogens is 316 g/mol. The Labute approximate surface area is 157 Å². The zero-order valence-electron chi connectivity index (χ0n) is 15.3. The Morgan fingerprint density at radius 1 is 0.577 bits per heavy atom. The highest BCUT2D eigenvalue weighted by Crippen LogP contribution is 2.22. The summed E-state index contributed by atoms with van der Waals surface area (Å²) in [4.78, 5) is 0. The van der Waals surface area contributed by atoms with Gasteiger partial charge in [-0.05, 0) is 54.7 Å². The summed E-state index contributed by atoms with van der Waals surface area (Å²) in [5.74, 6) is 0.483. The Bertz CT molecular complexity index is 737. The molecule has 0 aliphatic carbocycles. The molecule has 1 nitrogen and oxygen atoms in total. The van der Waals surface area contributed by atoms with Crippen LogP contribution >= 0.6 is 0 Å². The van der Waals surface area contributed by atoms with Gasteiger partial charge in [-0.25, -0.2) is 0 Å². The molecule has 0 saturated heterocycles. The van der Waals surface area contributed by atoms with Gasteiger partial charge in [0.1, 0.15) is 0 Å². The maximum atomic E-state index is 10.6. The van der Waals surface area contributed by atoms with E-state index in [4.69, 9.17) is 0 Å². The molecule has 2 atom stereocenters. The van der Waals surface area contributed by atoms with Crippen molar-refractivity contribution in [1.29, 1.82) is 0 Å². The largest absolute Gasteiger partial charge is 0.393 e. The van der Waals surface area contributed by atoms with Gasteiger partial charge < -0.3 is 5.11 Å². The molecule has 0 heterocycles. The lowest BCUT2D eigenvalue weighted by atomic mass is 9.87. The summed E-state index contributed by atoms with van der Waals surface area (Å²) in [5.41, 5.74) is 3.95. The van der Waals surface area contributed by atoms with E-state index in [1.807, 2.05) is 18.2 Å². The molecule has 134 valence electrons. The van der Waals surface area contributed by atoms with Crippen LogP contribution in [-0.2, 0) is 19.3 Å². The summed E-state index contributed by atoms with van der Waals surface area (Å²) >= 11 is 0. The van der Waals surface area contributed by atoms with Crippen LogP contribution in [0.4, 0.5) is 0 Å². The van der Waals surface area contributed by atoms with E-state index in [0.717, 1.165) is 32.1 Å². The van der Waals surface area contributed by atoms with Gasteiger partial charge in [0.2, 0.25) is 0 Å². The van der Waals surface area contributed by atoms with E-state index in [2.05, 4.69) is 72.8 Å². The normalized spacial score (nSPS) is 13.3. The minimum Gasteiger partial charge on any atom is -0.393 e. The Morgan fingerprint density at radius 3 is 1.58 bits per heavy atom. The molecule has 0 radical (unpaired) electrons. The van der Waals surface area contributed by atoms with Crippen LogP contribution < -0.4 is 0 Å². The van der Waals surface area contributed by atoms with Gasteiger partial charge in [-0.2, -0.15) is 0 Å². The van der Waals surface area contributed by atoms with Crippen LogP contribution in [0.3, 0.4) is 0 Å². The molecule has 0 spiro atoms. The average molecular weight is 344 g/mol. The van der Waals surface area contributed by atoms with E-state index in [0.29, 0.717) is 5.92 Å². The highest BCUT2D eigenvalue weighted by atomic mass is 16.3. The first-order valence-electron chi connectivity index (χ1n) is 9.59. The van der Waals surface area contributed by atoms with Gasteiger partial charge in [0.15, 0.2) is 0 Å². The molecule has 3 rings (SSSR count). The maximum absolute atomic E-state index is 10.6. The van der Waals surface area contributed by atoms with Crippen LogP contribution in [-0.4, -0.2) is 11.2 Å². The summed E-state index contributed by atoms with van der Waals surface area (Å²) in [7, 11) is 0. The molecule has 1 heteroatoms. The summed E-state index contributed by atoms with van der Waals surface area (Å²) in [6.07, 6.45) is 4.48. The predicted molar refractivity (Wildman–Crippen MR) is 109 cm³/mol. The van der Waals surface area contributed by atoms with Crippen molar-refractivity contribution in [2.24, 2.45) is 5.92 Å². The van der Waals surface area contributed by atoms with Gasteiger partial charge in [-0.1, -0.05) is 91.0 Å². The van der Waals surface area contributed by atoms with Crippen molar-refractivity contribution in [1.82, 2.24) is 0 Å². The van der Waals surface area contributed by atoms with Crippen LogP contribution in [0.25, 0.3) is 0 Å². The van der Waals surface area contributed by atoms with Crippen LogP contribution in [0.5, 0.6) is 0 Å². The number of aliphatic hydroxyl groups excluding tert-OH is 1. The Hall–Kier alpha value is -2.38. The van der Waals surface area contributed by atoms with Gasteiger partial charge in [-0.15, -0.1) is 0 Å². The molecule has 0 fully saturated rings. The van der Waals surface area contributed by atoms with Gasteiger partial charge in [0, 0.05) is 0 Å². The van der Waals surface area contributed by atoms with E-state index >= 15 is 0 Å². The molecule has 0 aliphatic rings. The van der Waals surface area contributed by atoms with E-state index < -0.39 is 0 Å². The molecule has 0 bridgehead atoms. The third-order valence-electron chi connectivity index (χ3n) is 4.97. The van der Waals surface area contributed by atoms with Gasteiger partial charge in [-0.3, -0.25) is 0 Å². The van der Waals surface area contributed by atoms with Gasteiger partial charge in [0.25, 0.3) is 0 Å². The van der Waals surface area contributed by atoms with Crippen molar-refractivity contribution in [3.05, 3.63) is 108 Å². The first kappa shape index (κ1) is 18.4. The fourth-order valence-corrected chi connectivity index (χ4v) is 3.62. The number of hydrogen-bond donors (Lipinski definition) is 1. The fourth-order valence-electron chi connectivity index (χ4n) is 3.62. The summed E-state index contributed by atoms with van der Waals surface area (Å²) in [6, 6.07) is 31.6. The molecule has 3 aromatic carbocycles. The third kappa shape index (κ3) is 6.16. The van der Waals surface area contributed by atoms with Gasteiger partial charge >= 0.3 is 0 Å². The number of rotatable bonds is 9. The smallest absolute Gasteiger partial charge is 0.0583 e. The highest BCUT2D eigenvalue weighted by Gasteiger charge is 2.16. The van der Waals surface area contributed by atoms with E-state index in [1.54, 1.807) is 0 Å². The molecular formula is C25H28O. The molecule has 0 amide bonds. The zero-order chi connectivity index (χ0) is 18.0. The lowest BCUT2D eigenvalue weighted by molar-refractivity contribution is 0.139. The standard InChI is InChI=1S/C25H28O/c26-25(19-23-14-8-3-9-15-23)20-24(18-22-12-6-2-7-13-22)17-16-21-10-4-1-5-11-21/h1-15,24-26H,16-20H2/t24-,25+/m0/s1. The van der Waals surface area contributed by atoms with Crippen LogP contribution in [0.15, 0.2) is 91.0 Å². The summed E-state index contributed by atoms with van der Waals surface area (Å²) in [5, 5.41) is 10.6. The van der Waals surface area contributed by atoms with Gasteiger partial charge in [0.05, 0.1) is 6.10 Å². The van der Waals surface area contributed by atoms with E-state index in [1.165, 1.54) is 16.7 Å². The van der Waals surface area contributed by atoms with Crippen molar-refractivity contribution in [2.45, 2.75) is 38.2 Å². The Morgan fingerprint density at radius 2 is 1.04 bits per heavy atom. The molecule has 26 heavy (non-hydrogen) atoms. The zero-order valence-corrected chi connectivity index (χ0v) is 15.3. The summed E-state index contributed by atoms with van der Waals surface area (Å²) in [6.45, 7) is 0. The molecule has 3 aromatic rings. The van der Waals surface area contributed by atoms with Crippen LogP contribution in [0, 0.1) is 5.92 Å². The molecule has 1 N–H and O–H groups in total. The molecule has 0 aromatic heterocycles. The second kappa shape index (κ2) is 9.94. The van der Waals surface area contributed by atoms with Crippen molar-refractivity contribution < 1.29 is 5.11 Å². The minimum absolute atomic E-state index is 0.290. The Balaban J connectivity index is 1.61. The molecule has 0 unspecified atom stereocenters. The molecule has 0 saturated carbocycles. The Kier molecular flexibility index (Phi) is 7.04. The van der Waals surface area contributed by atoms with Crippen molar-refractivity contribution in [3.8, 4) is 0 Å². The first-order valence-corrected chi connectivity index (χ1v) is 9.59. The highest BCUT2D eigenvalue weighted by molar-refractivity contribution is 5.18. The fraction of sp³-hybridized carbons (Fsp3) is 0.280. The quantitative estimate of drug-likeness (QED) is 0.545.